The van der Waals surface area contributed by atoms with Gasteiger partial charge in [-0.25, -0.2) is 12.7 Å². The van der Waals surface area contributed by atoms with E-state index in [-0.39, 0.29) is 17.7 Å². The molecule has 1 aromatic rings. The molecule has 1 fully saturated rings. The van der Waals surface area contributed by atoms with E-state index in [4.69, 9.17) is 0 Å². The highest BCUT2D eigenvalue weighted by molar-refractivity contribution is 7.89. The molecule has 1 amide bonds. The number of carbonyl (C=O) groups is 1. The monoisotopic (exact) mass is 338 g/mol. The molecule has 0 bridgehead atoms. The van der Waals surface area contributed by atoms with Crippen LogP contribution in [0.4, 0.5) is 0 Å². The van der Waals surface area contributed by atoms with E-state index in [2.05, 4.69) is 5.32 Å². The molecule has 1 aliphatic rings. The Balaban J connectivity index is 1.88. The van der Waals surface area contributed by atoms with E-state index in [9.17, 15) is 13.2 Å². The van der Waals surface area contributed by atoms with E-state index in [0.717, 1.165) is 12.0 Å². The molecule has 0 radical (unpaired) electrons. The molecule has 5 nitrogen and oxygen atoms in total. The van der Waals surface area contributed by atoms with Crippen LogP contribution in [0.2, 0.25) is 0 Å². The first-order chi connectivity index (χ1) is 10.9. The number of nitrogens with zero attached hydrogens (tertiary/aromatic N) is 1. The van der Waals surface area contributed by atoms with Gasteiger partial charge in [0.25, 0.3) is 5.91 Å². The van der Waals surface area contributed by atoms with E-state index < -0.39 is 10.0 Å². The largest absolute Gasteiger partial charge is 0.349 e. The third-order valence-corrected chi connectivity index (χ3v) is 6.28. The fourth-order valence-corrected chi connectivity index (χ4v) is 4.50. The van der Waals surface area contributed by atoms with Crippen LogP contribution in [0.3, 0.4) is 0 Å². The average molecular weight is 338 g/mol. The lowest BCUT2D eigenvalue weighted by molar-refractivity contribution is 0.0923. The van der Waals surface area contributed by atoms with E-state index in [1.807, 2.05) is 38.1 Å². The number of carbonyl (C=O) groups excluding carboxylic acids is 1. The number of rotatable bonds is 6. The summed E-state index contributed by atoms with van der Waals surface area (Å²) < 4.78 is 25.9. The average Bonchev–Trinajstić information content (AvgIpc) is 2.54. The molecule has 128 valence electrons. The first-order valence-electron chi connectivity index (χ1n) is 8.28. The zero-order valence-electron chi connectivity index (χ0n) is 13.9. The molecule has 1 saturated heterocycles. The van der Waals surface area contributed by atoms with Crippen molar-refractivity contribution in [3.8, 4) is 0 Å². The van der Waals surface area contributed by atoms with Gasteiger partial charge in [0.1, 0.15) is 0 Å². The second-order valence-electron chi connectivity index (χ2n) is 6.13. The van der Waals surface area contributed by atoms with Crippen LogP contribution in [0.25, 0.3) is 0 Å². The zero-order chi connectivity index (χ0) is 16.9. The van der Waals surface area contributed by atoms with Crippen molar-refractivity contribution in [3.05, 3.63) is 35.4 Å². The summed E-state index contributed by atoms with van der Waals surface area (Å²) in [5.74, 6) is 0.152. The van der Waals surface area contributed by atoms with Crippen molar-refractivity contribution in [2.24, 2.45) is 0 Å². The summed E-state index contributed by atoms with van der Waals surface area (Å²) >= 11 is 0. The molecule has 0 saturated carbocycles. The molecule has 1 aromatic carbocycles. The Kier molecular flexibility index (Phi) is 6.18. The van der Waals surface area contributed by atoms with Gasteiger partial charge in [-0.05, 0) is 37.8 Å². The lowest BCUT2D eigenvalue weighted by Crippen LogP contribution is -2.47. The normalized spacial score (nSPS) is 17.1. The molecule has 0 aromatic heterocycles. The molecule has 0 atom stereocenters. The topological polar surface area (TPSA) is 66.5 Å². The summed E-state index contributed by atoms with van der Waals surface area (Å²) in [4.78, 5) is 12.3. The number of piperidine rings is 1. The minimum Gasteiger partial charge on any atom is -0.349 e. The molecular formula is C17H26N2O3S. The van der Waals surface area contributed by atoms with Crippen molar-refractivity contribution in [1.29, 1.82) is 0 Å². The molecule has 6 heteroatoms. The Morgan fingerprint density at radius 1 is 1.26 bits per heavy atom. The van der Waals surface area contributed by atoms with Crippen molar-refractivity contribution in [1.82, 2.24) is 9.62 Å². The Labute approximate surface area is 139 Å². The summed E-state index contributed by atoms with van der Waals surface area (Å²) in [6, 6.07) is 7.53. The minimum absolute atomic E-state index is 0.0414. The fraction of sp³-hybridized carbons (Fsp3) is 0.588. The van der Waals surface area contributed by atoms with Crippen LogP contribution in [0.15, 0.2) is 24.3 Å². The van der Waals surface area contributed by atoms with Gasteiger partial charge < -0.3 is 5.32 Å². The van der Waals surface area contributed by atoms with Crippen LogP contribution in [0.1, 0.15) is 48.5 Å². The first kappa shape index (κ1) is 17.9. The number of hydrogen-bond acceptors (Lipinski definition) is 3. The van der Waals surface area contributed by atoms with Crippen molar-refractivity contribution in [2.45, 2.75) is 45.6 Å². The summed E-state index contributed by atoms with van der Waals surface area (Å²) in [5, 5.41) is 3.03. The van der Waals surface area contributed by atoms with Gasteiger partial charge in [0, 0.05) is 24.7 Å². The minimum atomic E-state index is -3.14. The lowest BCUT2D eigenvalue weighted by atomic mass is 10.0. The molecular weight excluding hydrogens is 312 g/mol. The van der Waals surface area contributed by atoms with Gasteiger partial charge in [0.2, 0.25) is 10.0 Å². The van der Waals surface area contributed by atoms with Crippen molar-refractivity contribution >= 4 is 15.9 Å². The summed E-state index contributed by atoms with van der Waals surface area (Å²) in [5.41, 5.74) is 1.63. The summed E-state index contributed by atoms with van der Waals surface area (Å²) in [7, 11) is -3.14. The maximum atomic E-state index is 12.3. The lowest BCUT2D eigenvalue weighted by Gasteiger charge is -2.31. The number of amides is 1. The van der Waals surface area contributed by atoms with E-state index >= 15 is 0 Å². The Morgan fingerprint density at radius 2 is 1.91 bits per heavy atom. The molecule has 1 heterocycles. The smallest absolute Gasteiger partial charge is 0.251 e. The maximum absolute atomic E-state index is 12.3. The van der Waals surface area contributed by atoms with Crippen LogP contribution >= 0.6 is 0 Å². The van der Waals surface area contributed by atoms with Crippen LogP contribution in [-0.2, 0) is 10.0 Å². The predicted molar refractivity (Wildman–Crippen MR) is 91.9 cm³/mol. The summed E-state index contributed by atoms with van der Waals surface area (Å²) in [6.07, 6.45) is 2.92. The predicted octanol–water partition coefficient (Wildman–Crippen LogP) is 2.32. The standard InChI is InChI=1S/C17H26N2O3S/c1-3-4-13-23(21,22)19-11-9-15(10-12-19)18-17(20)16-8-6-5-7-14(16)2/h5-8,15H,3-4,9-13H2,1-2H3,(H,18,20). The Morgan fingerprint density at radius 3 is 2.52 bits per heavy atom. The highest BCUT2D eigenvalue weighted by atomic mass is 32.2. The maximum Gasteiger partial charge on any atom is 0.251 e. The van der Waals surface area contributed by atoms with Gasteiger partial charge in [-0.2, -0.15) is 0 Å². The third kappa shape index (κ3) is 4.78. The van der Waals surface area contributed by atoms with Gasteiger partial charge in [-0.3, -0.25) is 4.79 Å². The fourth-order valence-electron chi connectivity index (χ4n) is 2.82. The first-order valence-corrected chi connectivity index (χ1v) is 9.89. The van der Waals surface area contributed by atoms with Gasteiger partial charge >= 0.3 is 0 Å². The second-order valence-corrected chi connectivity index (χ2v) is 8.22. The van der Waals surface area contributed by atoms with Crippen molar-refractivity contribution < 1.29 is 13.2 Å². The van der Waals surface area contributed by atoms with E-state index in [1.165, 1.54) is 0 Å². The van der Waals surface area contributed by atoms with Crippen LogP contribution in [0, 0.1) is 6.92 Å². The molecule has 0 unspecified atom stereocenters. The Hall–Kier alpha value is -1.40. The van der Waals surface area contributed by atoms with Crippen LogP contribution < -0.4 is 5.32 Å². The quantitative estimate of drug-likeness (QED) is 0.865. The molecule has 2 rings (SSSR count). The van der Waals surface area contributed by atoms with Gasteiger partial charge in [-0.1, -0.05) is 31.5 Å². The zero-order valence-corrected chi connectivity index (χ0v) is 14.7. The number of unbranched alkanes of at least 4 members (excludes halogenated alkanes) is 1. The summed E-state index contributed by atoms with van der Waals surface area (Å²) in [6.45, 7) is 4.89. The van der Waals surface area contributed by atoms with Crippen molar-refractivity contribution in [3.63, 3.8) is 0 Å². The van der Waals surface area contributed by atoms with Crippen molar-refractivity contribution in [2.75, 3.05) is 18.8 Å². The molecule has 0 spiro atoms. The van der Waals surface area contributed by atoms with Gasteiger partial charge in [-0.15, -0.1) is 0 Å². The highest BCUT2D eigenvalue weighted by Gasteiger charge is 2.28. The highest BCUT2D eigenvalue weighted by Crippen LogP contribution is 2.16. The number of aryl methyl sites for hydroxylation is 1. The van der Waals surface area contributed by atoms with Gasteiger partial charge in [0.15, 0.2) is 0 Å². The SMILES string of the molecule is CCCCS(=O)(=O)N1CCC(NC(=O)c2ccccc2C)CC1. The molecule has 0 aliphatic carbocycles. The number of hydrogen-bond donors (Lipinski definition) is 1. The third-order valence-electron chi connectivity index (χ3n) is 4.33. The van der Waals surface area contributed by atoms with Crippen LogP contribution in [-0.4, -0.2) is 43.5 Å². The van der Waals surface area contributed by atoms with E-state index in [0.29, 0.717) is 37.9 Å². The molecule has 1 N–H and O–H groups in total. The number of nitrogens with one attached hydrogen (secondary N) is 1. The Bertz CT molecular complexity index is 635. The van der Waals surface area contributed by atoms with Gasteiger partial charge in [0.05, 0.1) is 5.75 Å². The van der Waals surface area contributed by atoms with Crippen LogP contribution in [0.5, 0.6) is 0 Å². The molecule has 1 aliphatic heterocycles. The van der Waals surface area contributed by atoms with E-state index in [1.54, 1.807) is 4.31 Å². The number of benzene rings is 1. The second kappa shape index (κ2) is 7.93. The number of sulfonamides is 1. The molecule has 23 heavy (non-hydrogen) atoms.